The summed E-state index contributed by atoms with van der Waals surface area (Å²) >= 11 is 0. The fraction of sp³-hybridized carbons (Fsp3) is 0.562. The van der Waals surface area contributed by atoms with Crippen LogP contribution in [0.15, 0.2) is 30.3 Å². The summed E-state index contributed by atoms with van der Waals surface area (Å²) in [6.45, 7) is 5.16. The molecule has 0 radical (unpaired) electrons. The lowest BCUT2D eigenvalue weighted by atomic mass is 9.81. The monoisotopic (exact) mass is 652 g/mol. The molecule has 1 saturated carbocycles. The summed E-state index contributed by atoms with van der Waals surface area (Å²) in [4.78, 5) is 17.3. The minimum absolute atomic E-state index is 0.0896. The van der Waals surface area contributed by atoms with Crippen molar-refractivity contribution >= 4 is 17.6 Å². The largest absolute Gasteiger partial charge is 0.469 e. The van der Waals surface area contributed by atoms with Gasteiger partial charge in [0.2, 0.25) is 0 Å². The van der Waals surface area contributed by atoms with Gasteiger partial charge in [-0.15, -0.1) is 5.10 Å². The number of carbonyl (C=O) groups is 1. The first-order chi connectivity index (χ1) is 21.6. The minimum Gasteiger partial charge on any atom is -0.469 e. The number of rotatable bonds is 7. The number of ether oxygens (including phenoxy) is 1. The number of esters is 1. The highest BCUT2D eigenvalue weighted by Crippen LogP contribution is 2.43. The van der Waals surface area contributed by atoms with Crippen LogP contribution in [-0.2, 0) is 35.5 Å². The first-order valence-electron chi connectivity index (χ1n) is 15.4. The third-order valence-corrected chi connectivity index (χ3v) is 9.05. The first kappa shape index (κ1) is 33.5. The van der Waals surface area contributed by atoms with Gasteiger partial charge in [0, 0.05) is 25.3 Å². The SMILES string of the molecule is COC(=O)C1CCC(CN2CCCC(N(Cc3cc(C(F)(F)F)cc(C(F)(F)F)c3)c3nnn(C)n3)c3cc(C)cc(C)c32)CC1. The van der Waals surface area contributed by atoms with Gasteiger partial charge in [-0.2, -0.15) is 31.1 Å². The summed E-state index contributed by atoms with van der Waals surface area (Å²) in [6.07, 6.45) is -5.38. The lowest BCUT2D eigenvalue weighted by molar-refractivity contribution is -0.147. The van der Waals surface area contributed by atoms with Crippen LogP contribution >= 0.6 is 0 Å². The van der Waals surface area contributed by atoms with E-state index in [4.69, 9.17) is 4.74 Å². The number of aromatic nitrogens is 4. The second-order valence-electron chi connectivity index (χ2n) is 12.5. The summed E-state index contributed by atoms with van der Waals surface area (Å²) in [5.41, 5.74) is 1.01. The molecule has 0 N–H and O–H groups in total. The van der Waals surface area contributed by atoms with Gasteiger partial charge in [0.1, 0.15) is 0 Å². The number of benzene rings is 2. The van der Waals surface area contributed by atoms with Crippen LogP contribution in [0.2, 0.25) is 0 Å². The summed E-state index contributed by atoms with van der Waals surface area (Å²) in [5, 5.41) is 12.4. The van der Waals surface area contributed by atoms with Crippen molar-refractivity contribution in [3.05, 3.63) is 63.7 Å². The maximum atomic E-state index is 13.8. The van der Waals surface area contributed by atoms with Crippen molar-refractivity contribution in [3.63, 3.8) is 0 Å². The highest BCUT2D eigenvalue weighted by atomic mass is 19.4. The van der Waals surface area contributed by atoms with Crippen molar-refractivity contribution in [1.82, 2.24) is 20.2 Å². The molecule has 1 aliphatic heterocycles. The summed E-state index contributed by atoms with van der Waals surface area (Å²) < 4.78 is 87.5. The molecule has 5 rings (SSSR count). The normalized spacial score (nSPS) is 20.7. The van der Waals surface area contributed by atoms with Crippen molar-refractivity contribution in [3.8, 4) is 0 Å². The van der Waals surface area contributed by atoms with Crippen LogP contribution in [0, 0.1) is 25.7 Å². The molecular weight excluding hydrogens is 614 g/mol. The van der Waals surface area contributed by atoms with E-state index >= 15 is 0 Å². The molecular formula is C32H38F6N6O2. The Morgan fingerprint density at radius 1 is 0.957 bits per heavy atom. The van der Waals surface area contributed by atoms with Gasteiger partial charge in [0.05, 0.1) is 37.2 Å². The van der Waals surface area contributed by atoms with E-state index in [1.807, 2.05) is 19.9 Å². The standard InChI is InChI=1S/C32H38F6N6O2/c1-19-12-20(2)28-26(13-19)27(6-5-11-43(28)17-21-7-9-23(10-8-21)29(45)46-4)44(30-39-41-42(3)40-30)18-22-14-24(31(33,34)35)16-25(15-22)32(36,37)38/h12-16,21,23,27H,5-11,17-18H2,1-4H3. The van der Waals surface area contributed by atoms with Crippen molar-refractivity contribution in [2.45, 2.75) is 77.3 Å². The molecule has 0 saturated heterocycles. The van der Waals surface area contributed by atoms with Gasteiger partial charge in [-0.1, -0.05) is 22.8 Å². The average Bonchev–Trinajstić information content (AvgIpc) is 3.34. The van der Waals surface area contributed by atoms with Crippen molar-refractivity contribution in [2.75, 3.05) is 30.0 Å². The van der Waals surface area contributed by atoms with Crippen molar-refractivity contribution in [1.29, 1.82) is 0 Å². The quantitative estimate of drug-likeness (QED) is 0.198. The number of anilines is 2. The van der Waals surface area contributed by atoms with Crippen LogP contribution in [0.4, 0.5) is 38.0 Å². The van der Waals surface area contributed by atoms with Crippen LogP contribution < -0.4 is 9.80 Å². The number of nitrogens with zero attached hydrogens (tertiary/aromatic N) is 6. The molecule has 1 aromatic heterocycles. The van der Waals surface area contributed by atoms with E-state index in [0.717, 1.165) is 66.7 Å². The molecule has 2 aliphatic rings. The van der Waals surface area contributed by atoms with Crippen LogP contribution in [0.5, 0.6) is 0 Å². The summed E-state index contributed by atoms with van der Waals surface area (Å²) in [6, 6.07) is 5.31. The number of aryl methyl sites for hydroxylation is 3. The van der Waals surface area contributed by atoms with Crippen LogP contribution in [0.1, 0.15) is 77.9 Å². The van der Waals surface area contributed by atoms with Crippen molar-refractivity contribution in [2.24, 2.45) is 18.9 Å². The second-order valence-corrected chi connectivity index (χ2v) is 12.5. The van der Waals surface area contributed by atoms with E-state index in [9.17, 15) is 31.1 Å². The minimum atomic E-state index is -4.97. The number of hydrogen-bond acceptors (Lipinski definition) is 7. The van der Waals surface area contributed by atoms with E-state index in [2.05, 4.69) is 26.4 Å². The zero-order valence-electron chi connectivity index (χ0n) is 26.3. The second kappa shape index (κ2) is 13.1. The molecule has 0 amide bonds. The number of fused-ring (bicyclic) bond motifs is 1. The average molecular weight is 653 g/mol. The Kier molecular flexibility index (Phi) is 9.55. The Balaban J connectivity index is 1.53. The van der Waals surface area contributed by atoms with Gasteiger partial charge in [-0.25, -0.2) is 0 Å². The molecule has 1 fully saturated rings. The van der Waals surface area contributed by atoms with Crippen LogP contribution in [0.25, 0.3) is 0 Å². The molecule has 8 nitrogen and oxygen atoms in total. The van der Waals surface area contributed by atoms with Gasteiger partial charge < -0.3 is 14.5 Å². The Labute approximate surface area is 263 Å². The molecule has 1 atom stereocenters. The molecule has 2 aromatic carbocycles. The topological polar surface area (TPSA) is 76.4 Å². The summed E-state index contributed by atoms with van der Waals surface area (Å²) in [5.74, 6) is 0.203. The number of tetrazole rings is 1. The van der Waals surface area contributed by atoms with E-state index < -0.39 is 29.5 Å². The van der Waals surface area contributed by atoms with Gasteiger partial charge >= 0.3 is 18.3 Å². The molecule has 46 heavy (non-hydrogen) atoms. The van der Waals surface area contributed by atoms with Crippen LogP contribution in [0.3, 0.4) is 0 Å². The lowest BCUT2D eigenvalue weighted by Crippen LogP contribution is -2.34. The number of hydrogen-bond donors (Lipinski definition) is 0. The molecule has 14 heteroatoms. The molecule has 1 aliphatic carbocycles. The summed E-state index contributed by atoms with van der Waals surface area (Å²) in [7, 11) is 2.96. The first-order valence-corrected chi connectivity index (χ1v) is 15.4. The molecule has 2 heterocycles. The Morgan fingerprint density at radius 3 is 2.17 bits per heavy atom. The highest BCUT2D eigenvalue weighted by Gasteiger charge is 2.38. The molecule has 0 spiro atoms. The maximum Gasteiger partial charge on any atom is 0.416 e. The Bertz CT molecular complexity index is 1510. The van der Waals surface area contributed by atoms with E-state index in [1.165, 1.54) is 11.9 Å². The molecule has 250 valence electrons. The predicted octanol–water partition coefficient (Wildman–Crippen LogP) is 7.19. The van der Waals surface area contributed by atoms with Gasteiger partial charge in [-0.3, -0.25) is 4.79 Å². The van der Waals surface area contributed by atoms with E-state index in [1.54, 1.807) is 11.9 Å². The number of methoxy groups -OCH3 is 1. The number of halogens is 6. The lowest BCUT2D eigenvalue weighted by Gasteiger charge is -2.36. The molecule has 1 unspecified atom stereocenters. The molecule has 3 aromatic rings. The highest BCUT2D eigenvalue weighted by molar-refractivity contribution is 5.72. The Morgan fingerprint density at radius 2 is 1.61 bits per heavy atom. The number of carbonyl (C=O) groups excluding carboxylic acids is 1. The smallest absolute Gasteiger partial charge is 0.416 e. The van der Waals surface area contributed by atoms with Gasteiger partial charge in [-0.05, 0) is 98.4 Å². The van der Waals surface area contributed by atoms with Crippen molar-refractivity contribution < 1.29 is 35.9 Å². The van der Waals surface area contributed by atoms with Gasteiger partial charge in [0.15, 0.2) is 0 Å². The zero-order chi connectivity index (χ0) is 33.4. The predicted molar refractivity (Wildman–Crippen MR) is 159 cm³/mol. The van der Waals surface area contributed by atoms with Crippen LogP contribution in [-0.4, -0.2) is 46.4 Å². The Hall–Kier alpha value is -3.84. The third-order valence-electron chi connectivity index (χ3n) is 9.05. The van der Waals surface area contributed by atoms with E-state index in [-0.39, 0.29) is 36.0 Å². The number of alkyl halides is 6. The third kappa shape index (κ3) is 7.41. The van der Waals surface area contributed by atoms with Gasteiger partial charge in [0.25, 0.3) is 5.95 Å². The molecule has 0 bridgehead atoms. The fourth-order valence-corrected chi connectivity index (χ4v) is 7.00. The fourth-order valence-electron chi connectivity index (χ4n) is 7.00. The maximum absolute atomic E-state index is 13.8. The zero-order valence-corrected chi connectivity index (χ0v) is 26.3. The van der Waals surface area contributed by atoms with E-state index in [0.29, 0.717) is 25.3 Å².